The molecule has 1 amide bonds. The van der Waals surface area contributed by atoms with E-state index < -0.39 is 0 Å². The summed E-state index contributed by atoms with van der Waals surface area (Å²) in [4.78, 5) is 31.9. The van der Waals surface area contributed by atoms with Gasteiger partial charge in [-0.15, -0.1) is 22.7 Å². The topological polar surface area (TPSA) is 64.0 Å². The van der Waals surface area contributed by atoms with Crippen LogP contribution in [0, 0.1) is 0 Å². The maximum atomic E-state index is 13.1. The predicted octanol–water partition coefficient (Wildman–Crippen LogP) is 4.84. The Labute approximate surface area is 176 Å². The van der Waals surface area contributed by atoms with Crippen LogP contribution in [0.15, 0.2) is 64.3 Å². The molecule has 7 heteroatoms. The van der Waals surface area contributed by atoms with Gasteiger partial charge in [0.1, 0.15) is 11.4 Å². The fraction of sp³-hybridized carbons (Fsp3) is 0.227. The Morgan fingerprint density at radius 3 is 2.72 bits per heavy atom. The summed E-state index contributed by atoms with van der Waals surface area (Å²) in [5.41, 5.74) is 1.78. The molecule has 0 aliphatic rings. The summed E-state index contributed by atoms with van der Waals surface area (Å²) in [6, 6.07) is 13.8. The minimum atomic E-state index is -0.191. The van der Waals surface area contributed by atoms with E-state index in [2.05, 4.69) is 17.2 Å². The maximum absolute atomic E-state index is 13.1. The summed E-state index contributed by atoms with van der Waals surface area (Å²) in [5.74, 6) is -0.191. The van der Waals surface area contributed by atoms with Crippen LogP contribution in [0.3, 0.4) is 0 Å². The number of fused-ring (bicyclic) bond motifs is 1. The quantitative estimate of drug-likeness (QED) is 0.462. The van der Waals surface area contributed by atoms with Crippen molar-refractivity contribution < 1.29 is 4.79 Å². The molecule has 5 nitrogen and oxygen atoms in total. The molecule has 0 saturated heterocycles. The molecule has 1 N–H and O–H groups in total. The first-order chi connectivity index (χ1) is 14.2. The summed E-state index contributed by atoms with van der Waals surface area (Å²) in [5, 5.41) is 7.60. The molecule has 0 radical (unpaired) electrons. The number of amides is 1. The average Bonchev–Trinajstić information content (AvgIpc) is 3.40. The zero-order chi connectivity index (χ0) is 20.2. The molecule has 1 aromatic carbocycles. The molecule has 4 rings (SSSR count). The van der Waals surface area contributed by atoms with Crippen molar-refractivity contribution in [3.8, 4) is 10.4 Å². The van der Waals surface area contributed by atoms with E-state index in [0.29, 0.717) is 10.2 Å². The zero-order valence-electron chi connectivity index (χ0n) is 16.0. The summed E-state index contributed by atoms with van der Waals surface area (Å²) < 4.78 is 1.40. The Bertz CT molecular complexity index is 1160. The Kier molecular flexibility index (Phi) is 5.87. The number of hydrogen-bond acceptors (Lipinski definition) is 5. The normalized spacial score (nSPS) is 12.2. The van der Waals surface area contributed by atoms with Gasteiger partial charge >= 0.3 is 0 Å². The zero-order valence-corrected chi connectivity index (χ0v) is 17.6. The highest BCUT2D eigenvalue weighted by Crippen LogP contribution is 2.33. The third-order valence-electron chi connectivity index (χ3n) is 4.78. The van der Waals surface area contributed by atoms with Crippen LogP contribution in [0.5, 0.6) is 0 Å². The van der Waals surface area contributed by atoms with Crippen molar-refractivity contribution in [1.29, 1.82) is 0 Å². The molecule has 3 aromatic heterocycles. The van der Waals surface area contributed by atoms with Crippen LogP contribution in [0.25, 0.3) is 20.7 Å². The Balaban J connectivity index is 1.59. The second kappa shape index (κ2) is 8.71. The highest BCUT2D eigenvalue weighted by molar-refractivity contribution is 7.18. The van der Waals surface area contributed by atoms with Crippen LogP contribution in [-0.4, -0.2) is 15.5 Å². The minimum Gasteiger partial charge on any atom is -0.348 e. The highest BCUT2D eigenvalue weighted by Gasteiger charge is 2.17. The van der Waals surface area contributed by atoms with Crippen molar-refractivity contribution >= 4 is 38.8 Å². The van der Waals surface area contributed by atoms with Gasteiger partial charge in [0.25, 0.3) is 5.56 Å². The molecule has 0 bridgehead atoms. The van der Waals surface area contributed by atoms with Crippen molar-refractivity contribution in [2.45, 2.75) is 32.4 Å². The van der Waals surface area contributed by atoms with Crippen LogP contribution < -0.4 is 10.9 Å². The number of nitrogens with one attached hydrogen (secondary N) is 1. The van der Waals surface area contributed by atoms with Gasteiger partial charge in [0.2, 0.25) is 5.91 Å². The van der Waals surface area contributed by atoms with Gasteiger partial charge in [-0.2, -0.15) is 0 Å². The van der Waals surface area contributed by atoms with Crippen molar-refractivity contribution in [2.24, 2.45) is 0 Å². The highest BCUT2D eigenvalue weighted by atomic mass is 32.1. The fourth-order valence-electron chi connectivity index (χ4n) is 3.38. The van der Waals surface area contributed by atoms with Crippen molar-refractivity contribution in [3.63, 3.8) is 0 Å². The van der Waals surface area contributed by atoms with E-state index in [9.17, 15) is 9.59 Å². The first kappa shape index (κ1) is 19.5. The first-order valence-corrected chi connectivity index (χ1v) is 11.3. The van der Waals surface area contributed by atoms with Gasteiger partial charge in [-0.25, -0.2) is 4.98 Å². The van der Waals surface area contributed by atoms with Crippen molar-refractivity contribution in [2.75, 3.05) is 0 Å². The maximum Gasteiger partial charge on any atom is 0.263 e. The van der Waals surface area contributed by atoms with Gasteiger partial charge in [-0.3, -0.25) is 14.2 Å². The second-order valence-electron chi connectivity index (χ2n) is 6.80. The van der Waals surface area contributed by atoms with Gasteiger partial charge in [0, 0.05) is 15.8 Å². The largest absolute Gasteiger partial charge is 0.348 e. The van der Waals surface area contributed by atoms with Crippen LogP contribution >= 0.6 is 22.7 Å². The smallest absolute Gasteiger partial charge is 0.263 e. The van der Waals surface area contributed by atoms with Crippen LogP contribution in [-0.2, 0) is 11.3 Å². The first-order valence-electron chi connectivity index (χ1n) is 9.52. The van der Waals surface area contributed by atoms with E-state index in [0.717, 1.165) is 28.8 Å². The summed E-state index contributed by atoms with van der Waals surface area (Å²) in [6.07, 6.45) is 3.26. The van der Waals surface area contributed by atoms with Crippen LogP contribution in [0.4, 0.5) is 0 Å². The molecular formula is C22H21N3O2S2. The van der Waals surface area contributed by atoms with Gasteiger partial charge < -0.3 is 5.32 Å². The number of carbonyl (C=O) groups excluding carboxylic acids is 1. The molecule has 4 aromatic rings. The lowest BCUT2D eigenvalue weighted by molar-refractivity contribution is -0.122. The number of aromatic nitrogens is 2. The number of carbonyl (C=O) groups is 1. The molecule has 1 unspecified atom stereocenters. The molecule has 1 atom stereocenters. The van der Waals surface area contributed by atoms with Crippen molar-refractivity contribution in [3.05, 3.63) is 75.5 Å². The predicted molar refractivity (Wildman–Crippen MR) is 119 cm³/mol. The monoisotopic (exact) mass is 423 g/mol. The number of thiophene rings is 2. The Hall–Kier alpha value is -2.77. The standard InChI is InChI=1S/C22H21N3O2S2/c1-2-7-17(15-8-4-3-5-9-15)24-19(26)12-25-14-23-21-20(22(25)27)16(13-29-21)18-10-6-11-28-18/h3-6,8-11,13-14,17H,2,7,12H2,1H3,(H,24,26). The van der Waals surface area contributed by atoms with E-state index >= 15 is 0 Å². The molecule has 0 saturated carbocycles. The molecule has 0 spiro atoms. The minimum absolute atomic E-state index is 0.0471. The van der Waals surface area contributed by atoms with Gasteiger partial charge in [0.15, 0.2) is 0 Å². The molecule has 0 aliphatic carbocycles. The van der Waals surface area contributed by atoms with Crippen LogP contribution in [0.2, 0.25) is 0 Å². The molecular weight excluding hydrogens is 402 g/mol. The van der Waals surface area contributed by atoms with Gasteiger partial charge in [-0.1, -0.05) is 49.7 Å². The van der Waals surface area contributed by atoms with E-state index in [1.165, 1.54) is 22.2 Å². The summed E-state index contributed by atoms with van der Waals surface area (Å²) in [7, 11) is 0. The molecule has 3 heterocycles. The molecule has 29 heavy (non-hydrogen) atoms. The second-order valence-corrected chi connectivity index (χ2v) is 8.61. The third kappa shape index (κ3) is 4.16. The number of benzene rings is 1. The lowest BCUT2D eigenvalue weighted by Crippen LogP contribution is -2.34. The molecule has 0 fully saturated rings. The third-order valence-corrected chi connectivity index (χ3v) is 6.57. The Morgan fingerprint density at radius 2 is 2.00 bits per heavy atom. The Morgan fingerprint density at radius 1 is 1.17 bits per heavy atom. The number of nitrogens with zero attached hydrogens (tertiary/aromatic N) is 2. The number of hydrogen-bond donors (Lipinski definition) is 1. The van der Waals surface area contributed by atoms with Gasteiger partial charge in [-0.05, 0) is 23.4 Å². The molecule has 148 valence electrons. The SMILES string of the molecule is CCCC(NC(=O)Cn1cnc2scc(-c3cccs3)c2c1=O)c1ccccc1. The van der Waals surface area contributed by atoms with E-state index in [1.54, 1.807) is 11.3 Å². The van der Waals surface area contributed by atoms with Gasteiger partial charge in [0.05, 0.1) is 17.8 Å². The lowest BCUT2D eigenvalue weighted by atomic mass is 10.0. The average molecular weight is 424 g/mol. The van der Waals surface area contributed by atoms with Crippen molar-refractivity contribution in [1.82, 2.24) is 14.9 Å². The van der Waals surface area contributed by atoms with Crippen LogP contribution in [0.1, 0.15) is 31.4 Å². The number of rotatable bonds is 7. The van der Waals surface area contributed by atoms with E-state index in [1.807, 2.05) is 53.2 Å². The lowest BCUT2D eigenvalue weighted by Gasteiger charge is -2.19. The fourth-order valence-corrected chi connectivity index (χ4v) is 5.11. The summed E-state index contributed by atoms with van der Waals surface area (Å²) in [6.45, 7) is 2.04. The summed E-state index contributed by atoms with van der Waals surface area (Å²) >= 11 is 3.04. The van der Waals surface area contributed by atoms with E-state index in [-0.39, 0.29) is 24.1 Å². The molecule has 0 aliphatic heterocycles. The van der Waals surface area contributed by atoms with E-state index in [4.69, 9.17) is 0 Å².